The molecule has 0 bridgehead atoms. The van der Waals surface area contributed by atoms with Crippen LogP contribution in [0.25, 0.3) is 22.3 Å². The summed E-state index contributed by atoms with van der Waals surface area (Å²) in [5.74, 6) is 0.328. The van der Waals surface area contributed by atoms with Gasteiger partial charge in [0.25, 0.3) is 5.56 Å². The van der Waals surface area contributed by atoms with Crippen LogP contribution in [0.15, 0.2) is 53.7 Å². The Hall–Kier alpha value is -3.32. The number of benzene rings is 1. The third-order valence-corrected chi connectivity index (χ3v) is 5.53. The second-order valence-electron chi connectivity index (χ2n) is 7.46. The lowest BCUT2D eigenvalue weighted by Gasteiger charge is -2.27. The summed E-state index contributed by atoms with van der Waals surface area (Å²) in [6.07, 6.45) is 6.06. The smallest absolute Gasteiger partial charge is 0.254 e. The Bertz CT molecular complexity index is 1260. The predicted molar refractivity (Wildman–Crippen MR) is 109 cm³/mol. The lowest BCUT2D eigenvalue weighted by Crippen LogP contribution is -2.35. The molecule has 0 saturated heterocycles. The minimum atomic E-state index is -0.232. The van der Waals surface area contributed by atoms with Gasteiger partial charge in [0.1, 0.15) is 11.6 Å². The summed E-state index contributed by atoms with van der Waals surface area (Å²) >= 11 is 0. The quantitative estimate of drug-likeness (QED) is 0.585. The summed E-state index contributed by atoms with van der Waals surface area (Å²) in [6, 6.07) is 8.54. The average molecular weight is 389 g/mol. The summed E-state index contributed by atoms with van der Waals surface area (Å²) in [4.78, 5) is 26.5. The standard InChI is InChI=1S/C22H20FN5O/c1-27-11-15(18-10-16(23)2-3-20(18)27)12-28-9-6-17-19(13-28)25-21(26-22(17)29)14-4-7-24-8-5-14/h2-5,7-8,10-11H,6,9,12-13H2,1H3,(H,25,26,29). The zero-order valence-corrected chi connectivity index (χ0v) is 16.0. The van der Waals surface area contributed by atoms with Crippen LogP contribution in [0.3, 0.4) is 0 Å². The summed E-state index contributed by atoms with van der Waals surface area (Å²) in [5.41, 5.74) is 4.40. The molecule has 0 spiro atoms. The van der Waals surface area contributed by atoms with Gasteiger partial charge in [-0.3, -0.25) is 14.7 Å². The van der Waals surface area contributed by atoms with Crippen LogP contribution in [-0.2, 0) is 26.6 Å². The van der Waals surface area contributed by atoms with Crippen molar-refractivity contribution in [3.05, 3.63) is 81.9 Å². The van der Waals surface area contributed by atoms with Crippen molar-refractivity contribution >= 4 is 10.9 Å². The molecule has 4 aromatic rings. The molecule has 0 saturated carbocycles. The van der Waals surface area contributed by atoms with Crippen LogP contribution in [0.2, 0.25) is 0 Å². The van der Waals surface area contributed by atoms with Crippen molar-refractivity contribution in [2.24, 2.45) is 7.05 Å². The fraction of sp³-hybridized carbons (Fsp3) is 0.227. The van der Waals surface area contributed by atoms with Crippen LogP contribution in [0.5, 0.6) is 0 Å². The maximum absolute atomic E-state index is 13.8. The lowest BCUT2D eigenvalue weighted by molar-refractivity contribution is 0.241. The van der Waals surface area contributed by atoms with Crippen LogP contribution in [0.1, 0.15) is 16.8 Å². The molecule has 0 atom stereocenters. The minimum absolute atomic E-state index is 0.0753. The van der Waals surface area contributed by atoms with Gasteiger partial charge in [0, 0.05) is 67.3 Å². The Morgan fingerprint density at radius 1 is 1.21 bits per heavy atom. The predicted octanol–water partition coefficient (Wildman–Crippen LogP) is 3.02. The van der Waals surface area contributed by atoms with E-state index in [0.29, 0.717) is 25.3 Å². The molecule has 0 unspecified atom stereocenters. The van der Waals surface area contributed by atoms with Gasteiger partial charge in [0.15, 0.2) is 0 Å². The van der Waals surface area contributed by atoms with Crippen LogP contribution in [0.4, 0.5) is 4.39 Å². The van der Waals surface area contributed by atoms with E-state index in [2.05, 4.69) is 14.9 Å². The first-order valence-corrected chi connectivity index (χ1v) is 9.57. The van der Waals surface area contributed by atoms with E-state index in [9.17, 15) is 9.18 Å². The number of H-pyrrole nitrogens is 1. The molecule has 6 nitrogen and oxygen atoms in total. The highest BCUT2D eigenvalue weighted by Gasteiger charge is 2.22. The van der Waals surface area contributed by atoms with E-state index in [1.807, 2.05) is 36.0 Å². The second kappa shape index (κ2) is 6.93. The Morgan fingerprint density at radius 3 is 2.86 bits per heavy atom. The fourth-order valence-electron chi connectivity index (χ4n) is 4.09. The Balaban J connectivity index is 1.46. The number of hydrogen-bond donors (Lipinski definition) is 1. The number of nitrogens with one attached hydrogen (secondary N) is 1. The maximum atomic E-state index is 13.8. The molecule has 1 aromatic carbocycles. The van der Waals surface area contributed by atoms with Gasteiger partial charge < -0.3 is 9.55 Å². The number of nitrogens with zero attached hydrogens (tertiary/aromatic N) is 4. The maximum Gasteiger partial charge on any atom is 0.254 e. The fourth-order valence-corrected chi connectivity index (χ4v) is 4.09. The largest absolute Gasteiger partial charge is 0.350 e. The van der Waals surface area contributed by atoms with E-state index in [4.69, 9.17) is 4.98 Å². The molecule has 3 aromatic heterocycles. The molecule has 5 rings (SSSR count). The molecular weight excluding hydrogens is 369 g/mol. The van der Waals surface area contributed by atoms with E-state index in [0.717, 1.165) is 39.8 Å². The second-order valence-corrected chi connectivity index (χ2v) is 7.46. The van der Waals surface area contributed by atoms with E-state index in [-0.39, 0.29) is 11.4 Å². The van der Waals surface area contributed by atoms with Gasteiger partial charge in [-0.1, -0.05) is 0 Å². The summed E-state index contributed by atoms with van der Waals surface area (Å²) < 4.78 is 15.8. The average Bonchev–Trinajstić information content (AvgIpc) is 3.03. The van der Waals surface area contributed by atoms with E-state index >= 15 is 0 Å². The molecule has 0 amide bonds. The zero-order valence-electron chi connectivity index (χ0n) is 16.0. The summed E-state index contributed by atoms with van der Waals surface area (Å²) in [7, 11) is 1.97. The summed E-state index contributed by atoms with van der Waals surface area (Å²) in [6.45, 7) is 2.03. The van der Waals surface area contributed by atoms with Crippen LogP contribution >= 0.6 is 0 Å². The van der Waals surface area contributed by atoms with Crippen molar-refractivity contribution in [1.82, 2.24) is 24.4 Å². The summed E-state index contributed by atoms with van der Waals surface area (Å²) in [5, 5.41) is 0.926. The van der Waals surface area contributed by atoms with Crippen molar-refractivity contribution < 1.29 is 4.39 Å². The molecular formula is C22H20FN5O. The molecule has 0 aliphatic carbocycles. The van der Waals surface area contributed by atoms with Crippen molar-refractivity contribution in [3.63, 3.8) is 0 Å². The molecule has 1 aliphatic rings. The van der Waals surface area contributed by atoms with Crippen molar-refractivity contribution in [3.8, 4) is 11.4 Å². The highest BCUT2D eigenvalue weighted by atomic mass is 19.1. The highest BCUT2D eigenvalue weighted by Crippen LogP contribution is 2.25. The van der Waals surface area contributed by atoms with Crippen molar-refractivity contribution in [2.75, 3.05) is 6.54 Å². The Labute approximate surface area is 166 Å². The molecule has 0 fully saturated rings. The number of aromatic amines is 1. The first-order chi connectivity index (χ1) is 14.1. The molecule has 146 valence electrons. The normalized spacial score (nSPS) is 14.3. The topological polar surface area (TPSA) is 66.8 Å². The van der Waals surface area contributed by atoms with E-state index in [1.54, 1.807) is 18.5 Å². The number of aryl methyl sites for hydroxylation is 1. The van der Waals surface area contributed by atoms with Crippen molar-refractivity contribution in [1.29, 1.82) is 0 Å². The monoisotopic (exact) mass is 389 g/mol. The Morgan fingerprint density at radius 2 is 2.03 bits per heavy atom. The zero-order chi connectivity index (χ0) is 20.0. The third kappa shape index (κ3) is 3.23. The third-order valence-electron chi connectivity index (χ3n) is 5.53. The molecule has 1 aliphatic heterocycles. The highest BCUT2D eigenvalue weighted by molar-refractivity contribution is 5.84. The van der Waals surface area contributed by atoms with E-state index in [1.165, 1.54) is 6.07 Å². The van der Waals surface area contributed by atoms with Gasteiger partial charge in [0.05, 0.1) is 5.69 Å². The minimum Gasteiger partial charge on any atom is -0.350 e. The molecule has 29 heavy (non-hydrogen) atoms. The van der Waals surface area contributed by atoms with E-state index < -0.39 is 0 Å². The number of halogens is 1. The van der Waals surface area contributed by atoms with Crippen LogP contribution in [0, 0.1) is 5.82 Å². The molecule has 1 N–H and O–H groups in total. The molecule has 0 radical (unpaired) electrons. The molecule has 4 heterocycles. The van der Waals surface area contributed by atoms with Gasteiger partial charge in [-0.25, -0.2) is 9.37 Å². The number of rotatable bonds is 3. The van der Waals surface area contributed by atoms with Crippen molar-refractivity contribution in [2.45, 2.75) is 19.5 Å². The number of pyridine rings is 1. The van der Waals surface area contributed by atoms with Gasteiger partial charge in [-0.2, -0.15) is 0 Å². The van der Waals surface area contributed by atoms with Crippen LogP contribution < -0.4 is 5.56 Å². The van der Waals surface area contributed by atoms with Crippen LogP contribution in [-0.4, -0.2) is 31.0 Å². The molecule has 7 heteroatoms. The SMILES string of the molecule is Cn1cc(CN2CCc3c(nc(-c4ccncc4)[nH]c3=O)C2)c2cc(F)ccc21. The number of hydrogen-bond acceptors (Lipinski definition) is 4. The van der Waals surface area contributed by atoms with Gasteiger partial charge in [-0.05, 0) is 42.3 Å². The number of fused-ring (bicyclic) bond motifs is 2. The first kappa shape index (κ1) is 17.8. The van der Waals surface area contributed by atoms with Gasteiger partial charge in [-0.15, -0.1) is 0 Å². The van der Waals surface area contributed by atoms with Gasteiger partial charge in [0.2, 0.25) is 0 Å². The lowest BCUT2D eigenvalue weighted by atomic mass is 10.0. The Kier molecular flexibility index (Phi) is 4.24. The first-order valence-electron chi connectivity index (χ1n) is 9.57. The van der Waals surface area contributed by atoms with Gasteiger partial charge >= 0.3 is 0 Å². The number of aromatic nitrogens is 4.